The Morgan fingerprint density at radius 3 is 2.11 bits per heavy atom. The molecule has 0 fully saturated rings. The van der Waals surface area contributed by atoms with Crippen molar-refractivity contribution in [3.8, 4) is 5.75 Å². The van der Waals surface area contributed by atoms with E-state index in [1.807, 2.05) is 0 Å². The van der Waals surface area contributed by atoms with E-state index in [0.29, 0.717) is 6.07 Å². The number of aromatic hydroxyl groups is 1. The minimum absolute atomic E-state index is 0.196. The second-order valence-corrected chi connectivity index (χ2v) is 10.3. The summed E-state index contributed by atoms with van der Waals surface area (Å²) in [5.74, 6) is -1.29. The van der Waals surface area contributed by atoms with Gasteiger partial charge in [-0.1, -0.05) is 18.2 Å². The first-order valence-corrected chi connectivity index (χ1v) is 12.9. The standard InChI is InChI=1S/C19H13ClN6O9S2/c20-17-23-18(21-9-3-1-4-10(7-9)26(28)29)25-19(24-17)22-16-14(37(33,34)35)8-13(36(30,31)32)11-5-2-6-12(27)15(11)16/h1-8,27H,(H,30,31,32)(H,33,34,35)(H2,21,22,23,24,25). The second kappa shape index (κ2) is 9.37. The Morgan fingerprint density at radius 2 is 1.49 bits per heavy atom. The summed E-state index contributed by atoms with van der Waals surface area (Å²) in [5, 5.41) is 25.5. The highest BCUT2D eigenvalue weighted by Crippen LogP contribution is 2.41. The highest BCUT2D eigenvalue weighted by Gasteiger charge is 2.27. The second-order valence-electron chi connectivity index (χ2n) is 7.21. The van der Waals surface area contributed by atoms with E-state index >= 15 is 0 Å². The van der Waals surface area contributed by atoms with E-state index in [-0.39, 0.29) is 22.7 Å². The van der Waals surface area contributed by atoms with Gasteiger partial charge in [-0.25, -0.2) is 0 Å². The van der Waals surface area contributed by atoms with Crippen LogP contribution in [-0.4, -0.2) is 50.9 Å². The zero-order chi connectivity index (χ0) is 27.1. The molecule has 0 aliphatic heterocycles. The van der Waals surface area contributed by atoms with Gasteiger partial charge in [-0.05, 0) is 29.8 Å². The number of non-ortho nitro benzene ring substituents is 1. The number of nitro groups is 1. The van der Waals surface area contributed by atoms with E-state index in [4.69, 9.17) is 11.6 Å². The Labute approximate surface area is 212 Å². The molecular formula is C19H13ClN6O9S2. The highest BCUT2D eigenvalue weighted by atomic mass is 35.5. The minimum Gasteiger partial charge on any atom is -0.507 e. The van der Waals surface area contributed by atoms with E-state index in [0.717, 1.165) is 6.07 Å². The van der Waals surface area contributed by atoms with E-state index in [1.165, 1.54) is 36.4 Å². The van der Waals surface area contributed by atoms with Gasteiger partial charge >= 0.3 is 0 Å². The van der Waals surface area contributed by atoms with Crippen LogP contribution in [0.5, 0.6) is 5.75 Å². The van der Waals surface area contributed by atoms with Gasteiger partial charge in [0.25, 0.3) is 25.9 Å². The van der Waals surface area contributed by atoms with Gasteiger partial charge in [-0.2, -0.15) is 31.8 Å². The van der Waals surface area contributed by atoms with Gasteiger partial charge < -0.3 is 15.7 Å². The molecule has 0 radical (unpaired) electrons. The zero-order valence-electron chi connectivity index (χ0n) is 17.9. The Morgan fingerprint density at radius 1 is 0.865 bits per heavy atom. The molecule has 0 atom stereocenters. The van der Waals surface area contributed by atoms with Crippen molar-refractivity contribution in [3.63, 3.8) is 0 Å². The van der Waals surface area contributed by atoms with Crippen molar-refractivity contribution < 1.29 is 36.0 Å². The summed E-state index contributed by atoms with van der Waals surface area (Å²) < 4.78 is 67.5. The normalized spacial score (nSPS) is 11.9. The number of hydrogen-bond donors (Lipinski definition) is 5. The molecular weight excluding hydrogens is 556 g/mol. The van der Waals surface area contributed by atoms with Gasteiger partial charge in [-0.3, -0.25) is 19.2 Å². The van der Waals surface area contributed by atoms with Crippen molar-refractivity contribution in [2.45, 2.75) is 9.79 Å². The molecule has 0 saturated heterocycles. The van der Waals surface area contributed by atoms with Crippen LogP contribution in [0.2, 0.25) is 5.28 Å². The quantitative estimate of drug-likeness (QED) is 0.122. The van der Waals surface area contributed by atoms with E-state index in [1.54, 1.807) is 0 Å². The third-order valence-corrected chi connectivity index (χ3v) is 6.72. The molecule has 37 heavy (non-hydrogen) atoms. The summed E-state index contributed by atoms with van der Waals surface area (Å²) in [6.45, 7) is 0. The summed E-state index contributed by atoms with van der Waals surface area (Å²) >= 11 is 5.95. The predicted octanol–water partition coefficient (Wildman–Crippen LogP) is 3.27. The molecule has 15 nitrogen and oxygen atoms in total. The number of phenolic OH excluding ortho intramolecular Hbond substituents is 1. The van der Waals surface area contributed by atoms with E-state index < -0.39 is 63.0 Å². The molecule has 0 aliphatic carbocycles. The van der Waals surface area contributed by atoms with Crippen molar-refractivity contribution >= 4 is 71.6 Å². The fourth-order valence-corrected chi connectivity index (χ4v) is 4.97. The average molecular weight is 569 g/mol. The van der Waals surface area contributed by atoms with Crippen LogP contribution in [0.1, 0.15) is 0 Å². The number of phenols is 1. The molecule has 0 saturated carbocycles. The highest BCUT2D eigenvalue weighted by molar-refractivity contribution is 7.87. The van der Waals surface area contributed by atoms with Crippen LogP contribution in [0.3, 0.4) is 0 Å². The number of benzene rings is 3. The first kappa shape index (κ1) is 25.9. The molecule has 5 N–H and O–H groups in total. The molecule has 0 unspecified atom stereocenters. The van der Waals surface area contributed by atoms with Gasteiger partial charge in [0.05, 0.1) is 10.6 Å². The van der Waals surface area contributed by atoms with Crippen molar-refractivity contribution in [3.05, 3.63) is 63.9 Å². The summed E-state index contributed by atoms with van der Waals surface area (Å²) in [7, 11) is -10.2. The molecule has 0 bridgehead atoms. The fraction of sp³-hybridized carbons (Fsp3) is 0. The van der Waals surface area contributed by atoms with Crippen LogP contribution < -0.4 is 10.6 Å². The third-order valence-electron chi connectivity index (χ3n) is 4.78. The molecule has 4 aromatic rings. The number of fused-ring (bicyclic) bond motifs is 1. The monoisotopic (exact) mass is 568 g/mol. The number of halogens is 1. The minimum atomic E-state index is -5.16. The topological polar surface area (TPSA) is 235 Å². The number of aromatic nitrogens is 3. The lowest BCUT2D eigenvalue weighted by molar-refractivity contribution is -0.384. The van der Waals surface area contributed by atoms with E-state index in [9.17, 15) is 41.2 Å². The lowest BCUT2D eigenvalue weighted by atomic mass is 10.1. The van der Waals surface area contributed by atoms with Crippen LogP contribution in [-0.2, 0) is 20.2 Å². The third kappa shape index (κ3) is 5.49. The summed E-state index contributed by atoms with van der Waals surface area (Å²) in [4.78, 5) is 20.1. The Bertz CT molecular complexity index is 1800. The van der Waals surface area contributed by atoms with Crippen LogP contribution in [0.15, 0.2) is 58.3 Å². The Hall–Kier alpha value is -4.16. The lowest BCUT2D eigenvalue weighted by Crippen LogP contribution is -2.10. The number of anilines is 4. The predicted molar refractivity (Wildman–Crippen MR) is 130 cm³/mol. The molecule has 1 heterocycles. The van der Waals surface area contributed by atoms with Crippen molar-refractivity contribution in [2.24, 2.45) is 0 Å². The maximum Gasteiger partial charge on any atom is 0.296 e. The van der Waals surface area contributed by atoms with Crippen molar-refractivity contribution in [1.29, 1.82) is 0 Å². The van der Waals surface area contributed by atoms with Gasteiger partial charge in [0.1, 0.15) is 15.5 Å². The van der Waals surface area contributed by atoms with Crippen LogP contribution >= 0.6 is 11.6 Å². The summed E-state index contributed by atoms with van der Waals surface area (Å²) in [5.41, 5.74) is -0.588. The molecule has 0 amide bonds. The van der Waals surface area contributed by atoms with Gasteiger partial charge in [0.15, 0.2) is 0 Å². The number of nitro benzene ring substituents is 1. The SMILES string of the molecule is O=[N+]([O-])c1cccc(Nc2nc(Cl)nc(Nc3c(S(=O)(=O)O)cc(S(=O)(=O)O)c4cccc(O)c34)n2)c1. The van der Waals surface area contributed by atoms with Crippen LogP contribution in [0.4, 0.5) is 29.0 Å². The maximum absolute atomic E-state index is 12.2. The van der Waals surface area contributed by atoms with Gasteiger partial charge in [0.2, 0.25) is 17.2 Å². The molecule has 3 aromatic carbocycles. The Kier molecular flexibility index (Phi) is 6.57. The van der Waals surface area contributed by atoms with Crippen molar-refractivity contribution in [2.75, 3.05) is 10.6 Å². The van der Waals surface area contributed by atoms with Crippen LogP contribution in [0.25, 0.3) is 10.8 Å². The molecule has 192 valence electrons. The average Bonchev–Trinajstić information content (AvgIpc) is 2.77. The molecule has 18 heteroatoms. The molecule has 4 rings (SSSR count). The van der Waals surface area contributed by atoms with Gasteiger partial charge in [0, 0.05) is 28.6 Å². The summed E-state index contributed by atoms with van der Waals surface area (Å²) in [6.07, 6.45) is 0. The molecule has 0 aliphatic rings. The first-order valence-electron chi connectivity index (χ1n) is 9.68. The molecule has 1 aromatic heterocycles. The lowest BCUT2D eigenvalue weighted by Gasteiger charge is -2.16. The largest absolute Gasteiger partial charge is 0.507 e. The first-order chi connectivity index (χ1) is 17.2. The number of nitrogens with zero attached hydrogens (tertiary/aromatic N) is 4. The fourth-order valence-electron chi connectivity index (χ4n) is 3.34. The van der Waals surface area contributed by atoms with E-state index in [2.05, 4.69) is 25.6 Å². The smallest absolute Gasteiger partial charge is 0.296 e. The molecule has 0 spiro atoms. The van der Waals surface area contributed by atoms with Crippen molar-refractivity contribution in [1.82, 2.24) is 15.0 Å². The Balaban J connectivity index is 1.89. The number of rotatable bonds is 7. The van der Waals surface area contributed by atoms with Gasteiger partial charge in [-0.15, -0.1) is 0 Å². The zero-order valence-corrected chi connectivity index (χ0v) is 20.3. The summed E-state index contributed by atoms with van der Waals surface area (Å²) in [6, 6.07) is 9.30. The maximum atomic E-state index is 12.2. The number of hydrogen-bond acceptors (Lipinski definition) is 12. The van der Waals surface area contributed by atoms with Crippen LogP contribution in [0, 0.1) is 10.1 Å². The number of nitrogens with one attached hydrogen (secondary N) is 2.